The fraction of sp³-hybridized carbons (Fsp3) is 0.385. The van der Waals surface area contributed by atoms with Crippen LogP contribution in [0.5, 0.6) is 0 Å². The van der Waals surface area contributed by atoms with Crippen molar-refractivity contribution in [1.82, 2.24) is 0 Å². The third-order valence-corrected chi connectivity index (χ3v) is 3.25. The number of nitrogens with two attached hydrogens (primary N) is 1. The summed E-state index contributed by atoms with van der Waals surface area (Å²) in [5.74, 6) is -3.22. The summed E-state index contributed by atoms with van der Waals surface area (Å²) in [6.07, 6.45) is -5.55. The number of hydrogen-bond donors (Lipinski definition) is 2. The number of ether oxygens (including phenoxy) is 1. The summed E-state index contributed by atoms with van der Waals surface area (Å²) in [6, 6.07) is 1.92. The van der Waals surface area contributed by atoms with Crippen LogP contribution in [-0.2, 0) is 26.9 Å². The highest BCUT2D eigenvalue weighted by Crippen LogP contribution is 2.38. The minimum atomic E-state index is -4.71. The molecule has 5 nitrogen and oxygen atoms in total. The topological polar surface area (TPSA) is 89.6 Å². The van der Waals surface area contributed by atoms with E-state index < -0.39 is 41.7 Å². The summed E-state index contributed by atoms with van der Waals surface area (Å²) < 4.78 is 43.0. The van der Waals surface area contributed by atoms with Crippen molar-refractivity contribution in [2.45, 2.75) is 19.0 Å². The zero-order valence-electron chi connectivity index (χ0n) is 11.4. The minimum Gasteiger partial charge on any atom is -0.481 e. The number of methoxy groups -OCH3 is 1. The number of esters is 1. The van der Waals surface area contributed by atoms with Crippen LogP contribution in [0, 0.1) is 5.92 Å². The van der Waals surface area contributed by atoms with Crippen molar-refractivity contribution >= 4 is 29.2 Å². The molecule has 1 atom stereocenters. The van der Waals surface area contributed by atoms with Crippen LogP contribution < -0.4 is 5.73 Å². The van der Waals surface area contributed by atoms with Crippen LogP contribution in [-0.4, -0.2) is 24.2 Å². The predicted octanol–water partition coefficient (Wildman–Crippen LogP) is 2.75. The monoisotopic (exact) mass is 339 g/mol. The van der Waals surface area contributed by atoms with Gasteiger partial charge < -0.3 is 15.6 Å². The number of carbonyl (C=O) groups excluding carboxylic acids is 1. The molecule has 0 saturated heterocycles. The Morgan fingerprint density at radius 2 is 2.00 bits per heavy atom. The summed E-state index contributed by atoms with van der Waals surface area (Å²) in [7, 11) is 1.06. The lowest BCUT2D eigenvalue weighted by Gasteiger charge is -2.16. The zero-order chi connectivity index (χ0) is 17.1. The Bertz CT molecular complexity index is 589. The molecule has 0 bridgehead atoms. The highest BCUT2D eigenvalue weighted by molar-refractivity contribution is 6.33. The lowest BCUT2D eigenvalue weighted by Crippen LogP contribution is -2.22. The molecule has 0 aromatic heterocycles. The number of hydrogen-bond acceptors (Lipinski definition) is 4. The fourth-order valence-corrected chi connectivity index (χ4v) is 2.17. The number of nitrogen functional groups attached to an aromatic ring is 1. The molecule has 3 N–H and O–H groups in total. The molecule has 0 radical (unpaired) electrons. The van der Waals surface area contributed by atoms with Gasteiger partial charge in [0.2, 0.25) is 0 Å². The number of aliphatic carboxylic acids is 1. The van der Waals surface area contributed by atoms with Gasteiger partial charge in [0, 0.05) is 0 Å². The van der Waals surface area contributed by atoms with Gasteiger partial charge in [0.05, 0.1) is 35.7 Å². The average molecular weight is 340 g/mol. The molecule has 1 aromatic rings. The van der Waals surface area contributed by atoms with Crippen molar-refractivity contribution in [2.24, 2.45) is 5.92 Å². The summed E-state index contributed by atoms with van der Waals surface area (Å²) in [5, 5.41) is 8.44. The third kappa shape index (κ3) is 4.52. The molecule has 9 heteroatoms. The molecule has 122 valence electrons. The molecule has 22 heavy (non-hydrogen) atoms. The lowest BCUT2D eigenvalue weighted by atomic mass is 9.94. The molecule has 0 fully saturated rings. The van der Waals surface area contributed by atoms with Crippen molar-refractivity contribution in [1.29, 1.82) is 0 Å². The zero-order valence-corrected chi connectivity index (χ0v) is 12.2. The first-order valence-electron chi connectivity index (χ1n) is 6.01. The standard InChI is InChI=1S/C13H13ClF3NO4/c1-22-12(21)7(5-10(19)20)2-6-3-8(13(15,16)17)11(18)9(14)4-6/h3-4,7H,2,5,18H2,1H3,(H,19,20)/t7-/m0/s1. The second-order valence-electron chi connectivity index (χ2n) is 4.56. The van der Waals surface area contributed by atoms with Gasteiger partial charge in [-0.3, -0.25) is 9.59 Å². The van der Waals surface area contributed by atoms with Crippen LogP contribution in [0.1, 0.15) is 17.5 Å². The normalized spacial score (nSPS) is 12.8. The van der Waals surface area contributed by atoms with E-state index in [1.54, 1.807) is 0 Å². The quantitative estimate of drug-likeness (QED) is 0.636. The van der Waals surface area contributed by atoms with Crippen LogP contribution >= 0.6 is 11.6 Å². The lowest BCUT2D eigenvalue weighted by molar-refractivity contribution is -0.150. The van der Waals surface area contributed by atoms with E-state index in [0.29, 0.717) is 0 Å². The molecular formula is C13H13ClF3NO4. The van der Waals surface area contributed by atoms with E-state index in [0.717, 1.165) is 13.2 Å². The molecule has 0 aliphatic heterocycles. The average Bonchev–Trinajstić information content (AvgIpc) is 2.39. The smallest absolute Gasteiger partial charge is 0.418 e. The molecule has 1 rings (SSSR count). The Balaban J connectivity index is 3.17. The van der Waals surface area contributed by atoms with Gasteiger partial charge in [-0.1, -0.05) is 11.6 Å². The SMILES string of the molecule is COC(=O)[C@H](CC(=O)O)Cc1cc(Cl)c(N)c(C(F)(F)F)c1. The second-order valence-corrected chi connectivity index (χ2v) is 4.97. The Kier molecular flexibility index (Phi) is 5.65. The first kappa shape index (κ1) is 18.1. The highest BCUT2D eigenvalue weighted by Gasteiger charge is 2.34. The Labute approximate surface area is 128 Å². The number of anilines is 1. The molecule has 0 saturated carbocycles. The van der Waals surface area contributed by atoms with Gasteiger partial charge in [0.1, 0.15) is 0 Å². The molecule has 0 aliphatic carbocycles. The Hall–Kier alpha value is -1.96. The van der Waals surface area contributed by atoms with Crippen LogP contribution in [0.25, 0.3) is 0 Å². The first-order chi connectivity index (χ1) is 10.1. The van der Waals surface area contributed by atoms with E-state index >= 15 is 0 Å². The first-order valence-corrected chi connectivity index (χ1v) is 6.38. The Morgan fingerprint density at radius 3 is 2.45 bits per heavy atom. The van der Waals surface area contributed by atoms with Crippen LogP contribution in [0.15, 0.2) is 12.1 Å². The number of carboxylic acid groups (broad SMARTS) is 1. The summed E-state index contributed by atoms with van der Waals surface area (Å²) >= 11 is 5.67. The van der Waals surface area contributed by atoms with Crippen molar-refractivity contribution in [3.8, 4) is 0 Å². The van der Waals surface area contributed by atoms with Crippen LogP contribution in [0.2, 0.25) is 5.02 Å². The summed E-state index contributed by atoms with van der Waals surface area (Å²) in [4.78, 5) is 22.3. The largest absolute Gasteiger partial charge is 0.481 e. The van der Waals surface area contributed by atoms with Gasteiger partial charge in [0.25, 0.3) is 0 Å². The number of carboxylic acids is 1. The Morgan fingerprint density at radius 1 is 1.41 bits per heavy atom. The van der Waals surface area contributed by atoms with Crippen molar-refractivity contribution in [3.05, 3.63) is 28.3 Å². The molecule has 0 amide bonds. The molecule has 0 heterocycles. The molecule has 0 unspecified atom stereocenters. The van der Waals surface area contributed by atoms with E-state index in [2.05, 4.69) is 4.74 Å². The molecular weight excluding hydrogens is 327 g/mol. The van der Waals surface area contributed by atoms with Crippen LogP contribution in [0.3, 0.4) is 0 Å². The third-order valence-electron chi connectivity index (χ3n) is 2.93. The van der Waals surface area contributed by atoms with Gasteiger partial charge in [-0.2, -0.15) is 13.2 Å². The maximum absolute atomic E-state index is 12.9. The van der Waals surface area contributed by atoms with Crippen LogP contribution in [0.4, 0.5) is 18.9 Å². The van der Waals surface area contributed by atoms with E-state index in [4.69, 9.17) is 22.4 Å². The van der Waals surface area contributed by atoms with Crippen molar-refractivity contribution < 1.29 is 32.6 Å². The number of alkyl halides is 3. The minimum absolute atomic E-state index is 0.0446. The van der Waals surface area contributed by atoms with E-state index in [1.807, 2.05) is 0 Å². The molecule has 0 spiro atoms. The highest BCUT2D eigenvalue weighted by atomic mass is 35.5. The molecule has 1 aromatic carbocycles. The van der Waals surface area contributed by atoms with Gasteiger partial charge in [0.15, 0.2) is 0 Å². The van der Waals surface area contributed by atoms with Gasteiger partial charge in [-0.25, -0.2) is 0 Å². The fourth-order valence-electron chi connectivity index (χ4n) is 1.93. The van der Waals surface area contributed by atoms with Gasteiger partial charge >= 0.3 is 18.1 Å². The second kappa shape index (κ2) is 6.87. The maximum Gasteiger partial charge on any atom is 0.418 e. The van der Waals surface area contributed by atoms with Crippen molar-refractivity contribution in [3.63, 3.8) is 0 Å². The van der Waals surface area contributed by atoms with E-state index in [9.17, 15) is 22.8 Å². The number of rotatable bonds is 5. The van der Waals surface area contributed by atoms with E-state index in [-0.39, 0.29) is 17.0 Å². The van der Waals surface area contributed by atoms with Crippen molar-refractivity contribution in [2.75, 3.05) is 12.8 Å². The number of benzene rings is 1. The number of carbonyl (C=O) groups is 2. The summed E-state index contributed by atoms with van der Waals surface area (Å²) in [6.45, 7) is 0. The summed E-state index contributed by atoms with van der Waals surface area (Å²) in [5.41, 5.74) is 3.59. The predicted molar refractivity (Wildman–Crippen MR) is 72.3 cm³/mol. The van der Waals surface area contributed by atoms with Gasteiger partial charge in [-0.15, -0.1) is 0 Å². The van der Waals surface area contributed by atoms with E-state index in [1.165, 1.54) is 6.07 Å². The molecule has 0 aliphatic rings. The maximum atomic E-state index is 12.9. The number of halogens is 4. The van der Waals surface area contributed by atoms with Gasteiger partial charge in [-0.05, 0) is 24.1 Å².